The van der Waals surface area contributed by atoms with Gasteiger partial charge in [0.1, 0.15) is 17.5 Å². The number of benzene rings is 1. The molecule has 0 fully saturated rings. The van der Waals surface area contributed by atoms with Crippen LogP contribution in [-0.4, -0.2) is 16.2 Å². The quantitative estimate of drug-likeness (QED) is 0.751. The van der Waals surface area contributed by atoms with Gasteiger partial charge in [0.05, 0.1) is 12.3 Å². The Bertz CT molecular complexity index is 864. The Labute approximate surface area is 140 Å². The van der Waals surface area contributed by atoms with Crippen molar-refractivity contribution in [3.63, 3.8) is 0 Å². The number of nitrogens with two attached hydrogens (primary N) is 1. The minimum Gasteiger partial charge on any atom is -0.477 e. The standard InChI is InChI=1S/C18H17N5O/c1-2-24-18-15(12-19)16(20)11-17(22-18)21-13-5-7-14(8-6-13)23-9-3-4-10-23/h3-11H,2H2,1H3,(H3,20,21,22). The van der Waals surface area contributed by atoms with Gasteiger partial charge in [-0.1, -0.05) is 0 Å². The highest BCUT2D eigenvalue weighted by atomic mass is 16.5. The first-order valence-corrected chi connectivity index (χ1v) is 7.55. The van der Waals surface area contributed by atoms with Gasteiger partial charge < -0.3 is 20.4 Å². The maximum atomic E-state index is 9.15. The maximum Gasteiger partial charge on any atom is 0.235 e. The van der Waals surface area contributed by atoms with E-state index in [-0.39, 0.29) is 11.4 Å². The number of pyridine rings is 1. The largest absolute Gasteiger partial charge is 0.477 e. The minimum atomic E-state index is 0.242. The van der Waals surface area contributed by atoms with Crippen LogP contribution in [0.25, 0.3) is 5.69 Å². The molecule has 0 amide bonds. The smallest absolute Gasteiger partial charge is 0.235 e. The van der Waals surface area contributed by atoms with E-state index in [1.165, 1.54) is 0 Å². The van der Waals surface area contributed by atoms with Crippen LogP contribution in [0.3, 0.4) is 0 Å². The van der Waals surface area contributed by atoms with E-state index in [0.29, 0.717) is 18.1 Å². The molecular weight excluding hydrogens is 302 g/mol. The Hall–Kier alpha value is -3.46. The van der Waals surface area contributed by atoms with E-state index < -0.39 is 0 Å². The molecule has 0 atom stereocenters. The third kappa shape index (κ3) is 3.15. The zero-order chi connectivity index (χ0) is 16.9. The molecular formula is C18H17N5O. The second-order valence-electron chi connectivity index (χ2n) is 5.08. The fraction of sp³-hybridized carbons (Fsp3) is 0.111. The highest BCUT2D eigenvalue weighted by Crippen LogP contribution is 2.27. The van der Waals surface area contributed by atoms with Crippen LogP contribution in [-0.2, 0) is 0 Å². The van der Waals surface area contributed by atoms with Gasteiger partial charge in [0.15, 0.2) is 0 Å². The number of anilines is 3. The van der Waals surface area contributed by atoms with Gasteiger partial charge in [0.25, 0.3) is 0 Å². The zero-order valence-corrected chi connectivity index (χ0v) is 13.2. The Morgan fingerprint density at radius 3 is 2.58 bits per heavy atom. The molecule has 3 N–H and O–H groups in total. The van der Waals surface area contributed by atoms with Crippen molar-refractivity contribution < 1.29 is 4.74 Å². The lowest BCUT2D eigenvalue weighted by molar-refractivity contribution is 0.326. The van der Waals surface area contributed by atoms with Crippen LogP contribution in [0.2, 0.25) is 0 Å². The third-order valence-corrected chi connectivity index (χ3v) is 3.45. The number of nitrogens with zero attached hydrogens (tertiary/aromatic N) is 3. The van der Waals surface area contributed by atoms with Crippen molar-refractivity contribution in [3.05, 3.63) is 60.4 Å². The second-order valence-corrected chi connectivity index (χ2v) is 5.08. The van der Waals surface area contributed by atoms with Crippen molar-refractivity contribution in [2.45, 2.75) is 6.92 Å². The first-order valence-electron chi connectivity index (χ1n) is 7.55. The Kier molecular flexibility index (Phi) is 4.34. The first-order chi connectivity index (χ1) is 11.7. The lowest BCUT2D eigenvalue weighted by Crippen LogP contribution is -2.04. The summed E-state index contributed by atoms with van der Waals surface area (Å²) in [5, 5.41) is 12.3. The van der Waals surface area contributed by atoms with E-state index in [1.807, 2.05) is 66.4 Å². The van der Waals surface area contributed by atoms with Gasteiger partial charge in [-0.05, 0) is 43.3 Å². The van der Waals surface area contributed by atoms with E-state index in [9.17, 15) is 0 Å². The number of hydrogen-bond donors (Lipinski definition) is 2. The predicted molar refractivity (Wildman–Crippen MR) is 93.6 cm³/mol. The molecule has 0 spiro atoms. The normalized spacial score (nSPS) is 10.2. The van der Waals surface area contributed by atoms with Crippen molar-refractivity contribution in [2.24, 2.45) is 0 Å². The molecule has 3 aromatic rings. The molecule has 0 radical (unpaired) electrons. The van der Waals surface area contributed by atoms with Crippen LogP contribution in [0.5, 0.6) is 5.88 Å². The van der Waals surface area contributed by atoms with Gasteiger partial charge in [-0.2, -0.15) is 10.2 Å². The van der Waals surface area contributed by atoms with Crippen molar-refractivity contribution in [3.8, 4) is 17.6 Å². The van der Waals surface area contributed by atoms with Crippen LogP contribution in [0, 0.1) is 11.3 Å². The average Bonchev–Trinajstić information content (AvgIpc) is 3.10. The van der Waals surface area contributed by atoms with Crippen molar-refractivity contribution in [1.82, 2.24) is 9.55 Å². The second kappa shape index (κ2) is 6.75. The molecule has 0 aliphatic carbocycles. The van der Waals surface area contributed by atoms with E-state index in [0.717, 1.165) is 11.4 Å². The number of hydrogen-bond acceptors (Lipinski definition) is 5. The number of nitrogens with one attached hydrogen (secondary N) is 1. The van der Waals surface area contributed by atoms with Gasteiger partial charge in [-0.25, -0.2) is 0 Å². The minimum absolute atomic E-state index is 0.242. The summed E-state index contributed by atoms with van der Waals surface area (Å²) in [5.41, 5.74) is 8.44. The maximum absolute atomic E-state index is 9.15. The third-order valence-electron chi connectivity index (χ3n) is 3.45. The number of ether oxygens (including phenoxy) is 1. The molecule has 2 aromatic heterocycles. The van der Waals surface area contributed by atoms with Gasteiger partial charge in [0.2, 0.25) is 5.88 Å². The lowest BCUT2D eigenvalue weighted by atomic mass is 10.2. The molecule has 0 aliphatic heterocycles. The number of nitriles is 1. The highest BCUT2D eigenvalue weighted by Gasteiger charge is 2.12. The van der Waals surface area contributed by atoms with Crippen LogP contribution in [0.4, 0.5) is 17.2 Å². The fourth-order valence-electron chi connectivity index (χ4n) is 2.33. The van der Waals surface area contributed by atoms with Crippen LogP contribution < -0.4 is 15.8 Å². The Morgan fingerprint density at radius 2 is 1.96 bits per heavy atom. The molecule has 6 nitrogen and oxygen atoms in total. The van der Waals surface area contributed by atoms with Crippen LogP contribution >= 0.6 is 0 Å². The van der Waals surface area contributed by atoms with E-state index >= 15 is 0 Å². The SMILES string of the molecule is CCOc1nc(Nc2ccc(-n3cccc3)cc2)cc(N)c1C#N. The molecule has 6 heteroatoms. The summed E-state index contributed by atoms with van der Waals surface area (Å²) in [4.78, 5) is 4.32. The van der Waals surface area contributed by atoms with Crippen LogP contribution in [0.1, 0.15) is 12.5 Å². The topological polar surface area (TPSA) is 88.9 Å². The Morgan fingerprint density at radius 1 is 1.25 bits per heavy atom. The van der Waals surface area contributed by atoms with Gasteiger partial charge in [-0.3, -0.25) is 0 Å². The molecule has 120 valence electrons. The summed E-state index contributed by atoms with van der Waals surface area (Å²) in [7, 11) is 0. The predicted octanol–water partition coefficient (Wildman–Crippen LogP) is 3.47. The highest BCUT2D eigenvalue weighted by molar-refractivity contribution is 5.67. The summed E-state index contributed by atoms with van der Waals surface area (Å²) in [6, 6.07) is 15.5. The summed E-state index contributed by atoms with van der Waals surface area (Å²) >= 11 is 0. The summed E-state index contributed by atoms with van der Waals surface area (Å²) in [6.45, 7) is 2.25. The number of nitrogen functional groups attached to an aromatic ring is 1. The molecule has 24 heavy (non-hydrogen) atoms. The molecule has 0 aliphatic rings. The van der Waals surface area contributed by atoms with E-state index in [1.54, 1.807) is 6.07 Å². The lowest BCUT2D eigenvalue weighted by Gasteiger charge is -2.12. The molecule has 2 heterocycles. The van der Waals surface area contributed by atoms with Gasteiger partial charge >= 0.3 is 0 Å². The van der Waals surface area contributed by atoms with E-state index in [2.05, 4.69) is 10.3 Å². The van der Waals surface area contributed by atoms with Crippen molar-refractivity contribution in [1.29, 1.82) is 5.26 Å². The molecule has 0 unspecified atom stereocenters. The summed E-state index contributed by atoms with van der Waals surface area (Å²) < 4.78 is 7.42. The Balaban J connectivity index is 1.84. The number of aromatic nitrogens is 2. The van der Waals surface area contributed by atoms with Crippen LogP contribution in [0.15, 0.2) is 54.9 Å². The molecule has 1 aromatic carbocycles. The molecule has 0 saturated heterocycles. The molecule has 0 bridgehead atoms. The summed E-state index contributed by atoms with van der Waals surface area (Å²) in [5.74, 6) is 0.773. The molecule has 0 saturated carbocycles. The number of rotatable bonds is 5. The average molecular weight is 319 g/mol. The fourth-order valence-corrected chi connectivity index (χ4v) is 2.33. The van der Waals surface area contributed by atoms with Gasteiger partial charge in [0, 0.05) is 29.8 Å². The van der Waals surface area contributed by atoms with Gasteiger partial charge in [-0.15, -0.1) is 0 Å². The van der Waals surface area contributed by atoms with Crippen molar-refractivity contribution in [2.75, 3.05) is 17.7 Å². The first kappa shape index (κ1) is 15.4. The van der Waals surface area contributed by atoms with Crippen molar-refractivity contribution >= 4 is 17.2 Å². The monoisotopic (exact) mass is 319 g/mol. The molecule has 3 rings (SSSR count). The van der Waals surface area contributed by atoms with E-state index in [4.69, 9.17) is 15.7 Å². The zero-order valence-electron chi connectivity index (χ0n) is 13.2. The summed E-state index contributed by atoms with van der Waals surface area (Å²) in [6.07, 6.45) is 3.97.